The van der Waals surface area contributed by atoms with Gasteiger partial charge in [-0.05, 0) is 38.1 Å². The standard InChI is InChI=1S/C15H22N2O4S/c1-4-16-22(19,20)14-7-5-13(6-8-14)15(18)17-9-11(2)21-12(3)10-17/h5-8,11-12,16H,4,9-10H2,1-3H3/t11-,12+. The topological polar surface area (TPSA) is 75.7 Å². The van der Waals surface area contributed by atoms with Crippen LogP contribution in [-0.2, 0) is 14.8 Å². The molecule has 1 saturated heterocycles. The summed E-state index contributed by atoms with van der Waals surface area (Å²) < 4.78 is 31.8. The first-order valence-corrected chi connectivity index (χ1v) is 8.86. The molecule has 0 aromatic heterocycles. The number of carbonyl (C=O) groups is 1. The number of hydrogen-bond acceptors (Lipinski definition) is 4. The van der Waals surface area contributed by atoms with E-state index in [2.05, 4.69) is 4.72 Å². The van der Waals surface area contributed by atoms with Gasteiger partial charge >= 0.3 is 0 Å². The highest BCUT2D eigenvalue weighted by molar-refractivity contribution is 7.89. The molecular weight excluding hydrogens is 304 g/mol. The molecule has 1 aliphatic rings. The van der Waals surface area contributed by atoms with Gasteiger partial charge in [0.05, 0.1) is 17.1 Å². The van der Waals surface area contributed by atoms with Crippen LogP contribution >= 0.6 is 0 Å². The maximum atomic E-state index is 12.5. The van der Waals surface area contributed by atoms with Crippen molar-refractivity contribution in [2.75, 3.05) is 19.6 Å². The molecule has 1 aliphatic heterocycles. The van der Waals surface area contributed by atoms with E-state index in [1.807, 2.05) is 13.8 Å². The molecule has 122 valence electrons. The number of hydrogen-bond donors (Lipinski definition) is 1. The normalized spacial score (nSPS) is 22.6. The molecule has 0 aliphatic carbocycles. The van der Waals surface area contributed by atoms with Crippen molar-refractivity contribution in [2.24, 2.45) is 0 Å². The zero-order chi connectivity index (χ0) is 16.3. The van der Waals surface area contributed by atoms with Gasteiger partial charge in [-0.25, -0.2) is 13.1 Å². The van der Waals surface area contributed by atoms with Crippen LogP contribution in [0.1, 0.15) is 31.1 Å². The van der Waals surface area contributed by atoms with E-state index in [0.717, 1.165) is 0 Å². The molecule has 1 N–H and O–H groups in total. The average Bonchev–Trinajstić information content (AvgIpc) is 2.45. The maximum Gasteiger partial charge on any atom is 0.254 e. The second-order valence-corrected chi connectivity index (χ2v) is 7.26. The maximum absolute atomic E-state index is 12.5. The minimum absolute atomic E-state index is 0.00102. The molecular formula is C15H22N2O4S. The summed E-state index contributed by atoms with van der Waals surface area (Å²) in [5.41, 5.74) is 0.483. The second-order valence-electron chi connectivity index (χ2n) is 5.49. The van der Waals surface area contributed by atoms with Gasteiger partial charge in [-0.3, -0.25) is 4.79 Å². The van der Waals surface area contributed by atoms with Gasteiger partial charge in [-0.2, -0.15) is 0 Å². The number of morpholine rings is 1. The number of carbonyl (C=O) groups excluding carboxylic acids is 1. The van der Waals surface area contributed by atoms with E-state index in [0.29, 0.717) is 25.2 Å². The van der Waals surface area contributed by atoms with Gasteiger partial charge in [0, 0.05) is 25.2 Å². The first-order valence-electron chi connectivity index (χ1n) is 7.38. The van der Waals surface area contributed by atoms with Gasteiger partial charge in [0.1, 0.15) is 0 Å². The number of rotatable bonds is 4. The third-order valence-corrected chi connectivity index (χ3v) is 5.01. The predicted molar refractivity (Wildman–Crippen MR) is 83.2 cm³/mol. The summed E-state index contributed by atoms with van der Waals surface area (Å²) in [6.45, 7) is 6.99. The van der Waals surface area contributed by atoms with Crippen LogP contribution in [0.15, 0.2) is 29.2 Å². The van der Waals surface area contributed by atoms with Crippen LogP contribution in [0.3, 0.4) is 0 Å². The zero-order valence-electron chi connectivity index (χ0n) is 13.1. The number of nitrogens with zero attached hydrogens (tertiary/aromatic N) is 1. The molecule has 0 unspecified atom stereocenters. The Kier molecular flexibility index (Phi) is 5.20. The van der Waals surface area contributed by atoms with Crippen LogP contribution < -0.4 is 4.72 Å². The highest BCUT2D eigenvalue weighted by Gasteiger charge is 2.26. The van der Waals surface area contributed by atoms with Crippen molar-refractivity contribution in [3.8, 4) is 0 Å². The monoisotopic (exact) mass is 326 g/mol. The predicted octanol–water partition coefficient (Wildman–Crippen LogP) is 1.23. The quantitative estimate of drug-likeness (QED) is 0.903. The Labute approximate surface area is 131 Å². The number of sulfonamides is 1. The number of benzene rings is 1. The molecule has 1 amide bonds. The first-order chi connectivity index (χ1) is 10.3. The van der Waals surface area contributed by atoms with Crippen LogP contribution in [0.4, 0.5) is 0 Å². The number of ether oxygens (including phenoxy) is 1. The van der Waals surface area contributed by atoms with Crippen molar-refractivity contribution in [3.05, 3.63) is 29.8 Å². The van der Waals surface area contributed by atoms with Crippen LogP contribution in [0.5, 0.6) is 0 Å². The van der Waals surface area contributed by atoms with E-state index in [4.69, 9.17) is 4.74 Å². The molecule has 0 saturated carbocycles. The third-order valence-electron chi connectivity index (χ3n) is 3.45. The van der Waals surface area contributed by atoms with Crippen molar-refractivity contribution in [2.45, 2.75) is 37.9 Å². The van der Waals surface area contributed by atoms with E-state index >= 15 is 0 Å². The fourth-order valence-electron chi connectivity index (χ4n) is 2.58. The summed E-state index contributed by atoms with van der Waals surface area (Å²) in [4.78, 5) is 14.4. The highest BCUT2D eigenvalue weighted by atomic mass is 32.2. The van der Waals surface area contributed by atoms with Crippen LogP contribution in [0, 0.1) is 0 Å². The summed E-state index contributed by atoms with van der Waals surface area (Å²) in [6.07, 6.45) is 0.00205. The summed E-state index contributed by atoms with van der Waals surface area (Å²) in [5, 5.41) is 0. The summed E-state index contributed by atoms with van der Waals surface area (Å²) in [5.74, 6) is -0.102. The average molecular weight is 326 g/mol. The largest absolute Gasteiger partial charge is 0.372 e. The van der Waals surface area contributed by atoms with Gasteiger partial charge in [-0.15, -0.1) is 0 Å². The molecule has 0 bridgehead atoms. The molecule has 1 aromatic carbocycles. The van der Waals surface area contributed by atoms with Crippen LogP contribution in [0.2, 0.25) is 0 Å². The summed E-state index contributed by atoms with van der Waals surface area (Å²) in [6, 6.07) is 6.02. The molecule has 1 fully saturated rings. The Balaban J connectivity index is 2.15. The van der Waals surface area contributed by atoms with Crippen molar-refractivity contribution >= 4 is 15.9 Å². The van der Waals surface area contributed by atoms with Gasteiger partial charge in [-0.1, -0.05) is 6.92 Å². The van der Waals surface area contributed by atoms with E-state index in [-0.39, 0.29) is 23.0 Å². The molecule has 6 nitrogen and oxygen atoms in total. The molecule has 22 heavy (non-hydrogen) atoms. The lowest BCUT2D eigenvalue weighted by atomic mass is 10.1. The number of nitrogens with one attached hydrogen (secondary N) is 1. The molecule has 7 heteroatoms. The zero-order valence-corrected chi connectivity index (χ0v) is 13.9. The SMILES string of the molecule is CCNS(=O)(=O)c1ccc(C(=O)N2C[C@@H](C)O[C@@H](C)C2)cc1. The lowest BCUT2D eigenvalue weighted by Gasteiger charge is -2.35. The van der Waals surface area contributed by atoms with Crippen molar-refractivity contribution in [1.82, 2.24) is 9.62 Å². The minimum atomic E-state index is -3.49. The number of amides is 1. The highest BCUT2D eigenvalue weighted by Crippen LogP contribution is 2.16. The Morgan fingerprint density at radius 2 is 1.77 bits per heavy atom. The molecule has 0 radical (unpaired) electrons. The second kappa shape index (κ2) is 6.76. The van der Waals surface area contributed by atoms with Gasteiger partial charge in [0.25, 0.3) is 5.91 Å². The lowest BCUT2D eigenvalue weighted by Crippen LogP contribution is -2.48. The van der Waals surface area contributed by atoms with Crippen LogP contribution in [0.25, 0.3) is 0 Å². The lowest BCUT2D eigenvalue weighted by molar-refractivity contribution is -0.0586. The van der Waals surface area contributed by atoms with Crippen molar-refractivity contribution in [1.29, 1.82) is 0 Å². The Bertz CT molecular complexity index is 617. The molecule has 1 aromatic rings. The molecule has 1 heterocycles. The van der Waals surface area contributed by atoms with Gasteiger partial charge in [0.15, 0.2) is 0 Å². The van der Waals surface area contributed by atoms with E-state index in [9.17, 15) is 13.2 Å². The fraction of sp³-hybridized carbons (Fsp3) is 0.533. The first kappa shape index (κ1) is 16.9. The molecule has 2 rings (SSSR count). The van der Waals surface area contributed by atoms with E-state index < -0.39 is 10.0 Å². The minimum Gasteiger partial charge on any atom is -0.372 e. The van der Waals surface area contributed by atoms with Crippen molar-refractivity contribution in [3.63, 3.8) is 0 Å². The summed E-state index contributed by atoms with van der Waals surface area (Å²) in [7, 11) is -3.49. The van der Waals surface area contributed by atoms with Gasteiger partial charge < -0.3 is 9.64 Å². The van der Waals surface area contributed by atoms with E-state index in [1.165, 1.54) is 12.1 Å². The van der Waals surface area contributed by atoms with Gasteiger partial charge in [0.2, 0.25) is 10.0 Å². The fourth-order valence-corrected chi connectivity index (χ4v) is 3.62. The third kappa shape index (κ3) is 3.85. The summed E-state index contributed by atoms with van der Waals surface area (Å²) >= 11 is 0. The van der Waals surface area contributed by atoms with E-state index in [1.54, 1.807) is 24.0 Å². The Hall–Kier alpha value is -1.44. The molecule has 2 atom stereocenters. The smallest absolute Gasteiger partial charge is 0.254 e. The Morgan fingerprint density at radius 1 is 1.23 bits per heavy atom. The van der Waals surface area contributed by atoms with Crippen LogP contribution in [-0.4, -0.2) is 51.1 Å². The van der Waals surface area contributed by atoms with Crippen molar-refractivity contribution < 1.29 is 17.9 Å². The molecule has 0 spiro atoms. The Morgan fingerprint density at radius 3 is 2.27 bits per heavy atom.